The van der Waals surface area contributed by atoms with Crippen molar-refractivity contribution in [3.8, 4) is 0 Å². The van der Waals surface area contributed by atoms with Crippen LogP contribution in [-0.4, -0.2) is 25.2 Å². The van der Waals surface area contributed by atoms with Crippen molar-refractivity contribution in [1.29, 1.82) is 0 Å². The summed E-state index contributed by atoms with van der Waals surface area (Å²) in [4.78, 5) is 2.55. The summed E-state index contributed by atoms with van der Waals surface area (Å²) >= 11 is 0. The van der Waals surface area contributed by atoms with Crippen LogP contribution in [0.15, 0.2) is 24.3 Å². The van der Waals surface area contributed by atoms with Crippen molar-refractivity contribution in [2.45, 2.75) is 52.1 Å². The Morgan fingerprint density at radius 1 is 1.17 bits per heavy atom. The first kappa shape index (κ1) is 13.4. The molecular weight excluding hydrogens is 220 g/mol. The van der Waals surface area contributed by atoms with Crippen molar-refractivity contribution in [1.82, 2.24) is 5.32 Å². The molecule has 100 valence electrons. The Hall–Kier alpha value is -1.02. The molecule has 0 radical (unpaired) electrons. The molecule has 1 saturated heterocycles. The molecule has 1 aliphatic rings. The number of nitrogens with zero attached hydrogens (tertiary/aromatic N) is 1. The van der Waals surface area contributed by atoms with E-state index in [0.717, 1.165) is 19.5 Å². The SMILES string of the molecule is CCc1cccc(N2CCC(C)NC(C)CC2)c1. The maximum absolute atomic E-state index is 3.65. The maximum atomic E-state index is 3.65. The lowest BCUT2D eigenvalue weighted by Crippen LogP contribution is -2.43. The van der Waals surface area contributed by atoms with Gasteiger partial charge in [0.1, 0.15) is 0 Å². The first-order valence-electron chi connectivity index (χ1n) is 7.29. The summed E-state index contributed by atoms with van der Waals surface area (Å²) in [7, 11) is 0. The highest BCUT2D eigenvalue weighted by atomic mass is 15.1. The van der Waals surface area contributed by atoms with Crippen LogP contribution in [-0.2, 0) is 6.42 Å². The van der Waals surface area contributed by atoms with Gasteiger partial charge >= 0.3 is 0 Å². The first-order valence-corrected chi connectivity index (χ1v) is 7.29. The fourth-order valence-corrected chi connectivity index (χ4v) is 2.69. The third-order valence-corrected chi connectivity index (χ3v) is 3.92. The van der Waals surface area contributed by atoms with E-state index in [1.807, 2.05) is 0 Å². The quantitative estimate of drug-likeness (QED) is 0.862. The van der Waals surface area contributed by atoms with Crippen molar-refractivity contribution in [2.75, 3.05) is 18.0 Å². The van der Waals surface area contributed by atoms with Crippen LogP contribution in [0.2, 0.25) is 0 Å². The van der Waals surface area contributed by atoms with Crippen molar-refractivity contribution in [3.05, 3.63) is 29.8 Å². The average molecular weight is 246 g/mol. The van der Waals surface area contributed by atoms with Crippen LogP contribution in [0.25, 0.3) is 0 Å². The molecule has 0 aliphatic carbocycles. The summed E-state index contributed by atoms with van der Waals surface area (Å²) in [6.45, 7) is 9.13. The molecule has 2 unspecified atom stereocenters. The zero-order valence-corrected chi connectivity index (χ0v) is 11.9. The van der Waals surface area contributed by atoms with Crippen molar-refractivity contribution in [2.24, 2.45) is 0 Å². The maximum Gasteiger partial charge on any atom is 0.0368 e. The predicted octanol–water partition coefficient (Wildman–Crippen LogP) is 3.22. The Kier molecular flexibility index (Phi) is 4.65. The molecule has 1 aliphatic heterocycles. The third-order valence-electron chi connectivity index (χ3n) is 3.92. The lowest BCUT2D eigenvalue weighted by molar-refractivity contribution is 0.404. The van der Waals surface area contributed by atoms with E-state index in [2.05, 4.69) is 55.3 Å². The van der Waals surface area contributed by atoms with Crippen molar-refractivity contribution >= 4 is 5.69 Å². The number of aryl methyl sites for hydroxylation is 1. The standard InChI is InChI=1S/C16H26N2/c1-4-15-6-5-7-16(12-15)18-10-8-13(2)17-14(3)9-11-18/h5-7,12-14,17H,4,8-11H2,1-3H3. The molecule has 0 bridgehead atoms. The van der Waals surface area contributed by atoms with Crippen LogP contribution in [0.3, 0.4) is 0 Å². The van der Waals surface area contributed by atoms with Gasteiger partial charge in [0.25, 0.3) is 0 Å². The van der Waals surface area contributed by atoms with Crippen LogP contribution in [0.4, 0.5) is 5.69 Å². The largest absolute Gasteiger partial charge is 0.371 e. The minimum Gasteiger partial charge on any atom is -0.371 e. The van der Waals surface area contributed by atoms with Gasteiger partial charge in [0.05, 0.1) is 0 Å². The summed E-state index contributed by atoms with van der Waals surface area (Å²) in [6.07, 6.45) is 3.57. The molecule has 1 N–H and O–H groups in total. The van der Waals surface area contributed by atoms with E-state index >= 15 is 0 Å². The molecule has 0 saturated carbocycles. The summed E-state index contributed by atoms with van der Waals surface area (Å²) in [6, 6.07) is 10.3. The van der Waals surface area contributed by atoms with Crippen LogP contribution in [0.5, 0.6) is 0 Å². The topological polar surface area (TPSA) is 15.3 Å². The van der Waals surface area contributed by atoms with Crippen molar-refractivity contribution in [3.63, 3.8) is 0 Å². The fraction of sp³-hybridized carbons (Fsp3) is 0.625. The van der Waals surface area contributed by atoms with E-state index in [-0.39, 0.29) is 0 Å². The lowest BCUT2D eigenvalue weighted by atomic mass is 10.1. The molecule has 0 amide bonds. The Bertz CT molecular complexity index is 363. The second-order valence-corrected chi connectivity index (χ2v) is 5.56. The molecule has 2 atom stereocenters. The third kappa shape index (κ3) is 3.49. The minimum atomic E-state index is 0.622. The molecule has 2 nitrogen and oxygen atoms in total. The fourth-order valence-electron chi connectivity index (χ4n) is 2.69. The van der Waals surface area contributed by atoms with E-state index in [4.69, 9.17) is 0 Å². The van der Waals surface area contributed by atoms with Crippen molar-refractivity contribution < 1.29 is 0 Å². The number of anilines is 1. The van der Waals surface area contributed by atoms with Gasteiger partial charge in [0.2, 0.25) is 0 Å². The normalized spacial score (nSPS) is 25.6. The summed E-state index contributed by atoms with van der Waals surface area (Å²) < 4.78 is 0. The van der Waals surface area contributed by atoms with E-state index in [1.54, 1.807) is 0 Å². The van der Waals surface area contributed by atoms with E-state index in [1.165, 1.54) is 24.1 Å². The number of rotatable bonds is 2. The monoisotopic (exact) mass is 246 g/mol. The molecule has 1 aromatic rings. The molecule has 2 heteroatoms. The van der Waals surface area contributed by atoms with E-state index in [9.17, 15) is 0 Å². The molecule has 2 rings (SSSR count). The van der Waals surface area contributed by atoms with Crippen LogP contribution >= 0.6 is 0 Å². The molecule has 1 fully saturated rings. The Morgan fingerprint density at radius 2 is 1.83 bits per heavy atom. The van der Waals surface area contributed by atoms with Gasteiger partial charge in [-0.25, -0.2) is 0 Å². The number of hydrogen-bond donors (Lipinski definition) is 1. The lowest BCUT2D eigenvalue weighted by Gasteiger charge is -2.32. The van der Waals surface area contributed by atoms with Crippen LogP contribution in [0.1, 0.15) is 39.2 Å². The Morgan fingerprint density at radius 3 is 2.44 bits per heavy atom. The van der Waals surface area contributed by atoms with Gasteiger partial charge in [0.15, 0.2) is 0 Å². The minimum absolute atomic E-state index is 0.622. The zero-order valence-electron chi connectivity index (χ0n) is 11.9. The Balaban J connectivity index is 2.09. The molecular formula is C16H26N2. The second-order valence-electron chi connectivity index (χ2n) is 5.56. The highest BCUT2D eigenvalue weighted by Gasteiger charge is 2.16. The van der Waals surface area contributed by atoms with Crippen LogP contribution in [0, 0.1) is 0 Å². The molecule has 0 spiro atoms. The Labute approximate surface area is 111 Å². The molecule has 18 heavy (non-hydrogen) atoms. The molecule has 1 heterocycles. The predicted molar refractivity (Wildman–Crippen MR) is 79.3 cm³/mol. The number of benzene rings is 1. The van der Waals surface area contributed by atoms with Gasteiger partial charge < -0.3 is 10.2 Å². The summed E-state index contributed by atoms with van der Waals surface area (Å²) in [5.41, 5.74) is 2.84. The van der Waals surface area contributed by atoms with Gasteiger partial charge in [-0.3, -0.25) is 0 Å². The van der Waals surface area contributed by atoms with Crippen LogP contribution < -0.4 is 10.2 Å². The number of nitrogens with one attached hydrogen (secondary N) is 1. The smallest absolute Gasteiger partial charge is 0.0368 e. The average Bonchev–Trinajstić information content (AvgIpc) is 2.36. The van der Waals surface area contributed by atoms with Gasteiger partial charge in [-0.2, -0.15) is 0 Å². The van der Waals surface area contributed by atoms with Gasteiger partial charge in [-0.15, -0.1) is 0 Å². The summed E-state index contributed by atoms with van der Waals surface area (Å²) in [5, 5.41) is 3.65. The second kappa shape index (κ2) is 6.24. The highest BCUT2D eigenvalue weighted by Crippen LogP contribution is 2.19. The van der Waals surface area contributed by atoms with Gasteiger partial charge in [-0.1, -0.05) is 19.1 Å². The molecule has 1 aromatic carbocycles. The first-order chi connectivity index (χ1) is 8.69. The number of hydrogen-bond acceptors (Lipinski definition) is 2. The molecule has 0 aromatic heterocycles. The summed E-state index contributed by atoms with van der Waals surface area (Å²) in [5.74, 6) is 0. The van der Waals surface area contributed by atoms with E-state index < -0.39 is 0 Å². The zero-order chi connectivity index (χ0) is 13.0. The van der Waals surface area contributed by atoms with E-state index in [0.29, 0.717) is 12.1 Å². The van der Waals surface area contributed by atoms with Gasteiger partial charge in [-0.05, 0) is 50.8 Å². The van der Waals surface area contributed by atoms with Gasteiger partial charge in [0, 0.05) is 30.9 Å². The highest BCUT2D eigenvalue weighted by molar-refractivity contribution is 5.48.